The molecule has 1 unspecified atom stereocenters. The maximum Gasteiger partial charge on any atom is 0.258 e. The lowest BCUT2D eigenvalue weighted by Gasteiger charge is -2.25. The van der Waals surface area contributed by atoms with Gasteiger partial charge >= 0.3 is 0 Å². The van der Waals surface area contributed by atoms with Gasteiger partial charge in [0, 0.05) is 34.4 Å². The highest BCUT2D eigenvalue weighted by molar-refractivity contribution is 5.97. The molecule has 0 spiro atoms. The molecule has 0 saturated carbocycles. The molecule has 128 valence electrons. The maximum atomic E-state index is 12.7. The van der Waals surface area contributed by atoms with E-state index in [0.717, 1.165) is 23.2 Å². The second-order valence-corrected chi connectivity index (χ2v) is 6.14. The van der Waals surface area contributed by atoms with E-state index in [1.165, 1.54) is 11.2 Å². The van der Waals surface area contributed by atoms with Crippen molar-refractivity contribution in [2.75, 3.05) is 12.1 Å². The largest absolute Gasteiger partial charge is 0.467 e. The molecule has 1 atom stereocenters. The average molecular weight is 336 g/mol. The molecule has 1 aromatic heterocycles. The molecule has 25 heavy (non-hydrogen) atoms. The molecule has 3 aromatic rings. The van der Waals surface area contributed by atoms with Crippen LogP contribution in [0.5, 0.6) is 5.75 Å². The zero-order valence-corrected chi connectivity index (χ0v) is 14.3. The SMILES string of the molecule is CCn1c(C)cc2cc(NC(=O)C3OCOc4ccccc43)ccc21. The van der Waals surface area contributed by atoms with E-state index < -0.39 is 6.10 Å². The van der Waals surface area contributed by atoms with Gasteiger partial charge in [-0.05, 0) is 44.2 Å². The molecule has 0 aliphatic carbocycles. The standard InChI is InChI=1S/C20H20N2O3/c1-3-22-13(2)10-14-11-15(8-9-17(14)22)21-20(23)19-16-6-4-5-7-18(16)24-12-25-19/h4-11,19H,3,12H2,1-2H3,(H,21,23). The smallest absolute Gasteiger partial charge is 0.258 e. The van der Waals surface area contributed by atoms with Gasteiger partial charge in [0.25, 0.3) is 5.91 Å². The van der Waals surface area contributed by atoms with Gasteiger partial charge in [-0.3, -0.25) is 4.79 Å². The zero-order chi connectivity index (χ0) is 17.4. The van der Waals surface area contributed by atoms with E-state index in [9.17, 15) is 4.79 Å². The summed E-state index contributed by atoms with van der Waals surface area (Å²) >= 11 is 0. The first kappa shape index (κ1) is 15.7. The summed E-state index contributed by atoms with van der Waals surface area (Å²) in [6.45, 7) is 5.22. The number of aryl methyl sites for hydroxylation is 2. The minimum Gasteiger partial charge on any atom is -0.467 e. The Bertz CT molecular complexity index is 945. The Labute approximate surface area is 146 Å². The molecule has 1 amide bonds. The third-order valence-electron chi connectivity index (χ3n) is 4.58. The topological polar surface area (TPSA) is 52.5 Å². The van der Waals surface area contributed by atoms with Crippen LogP contribution in [0.15, 0.2) is 48.5 Å². The van der Waals surface area contributed by atoms with E-state index >= 15 is 0 Å². The predicted molar refractivity (Wildman–Crippen MR) is 96.7 cm³/mol. The molecule has 4 rings (SSSR count). The number of fused-ring (bicyclic) bond motifs is 2. The van der Waals surface area contributed by atoms with Crippen molar-refractivity contribution in [3.05, 3.63) is 59.8 Å². The Morgan fingerprint density at radius 2 is 2.08 bits per heavy atom. The van der Waals surface area contributed by atoms with Crippen molar-refractivity contribution < 1.29 is 14.3 Å². The summed E-state index contributed by atoms with van der Waals surface area (Å²) in [5.74, 6) is 0.502. The summed E-state index contributed by atoms with van der Waals surface area (Å²) in [6.07, 6.45) is -0.664. The third kappa shape index (κ3) is 2.76. The number of anilines is 1. The Hall–Kier alpha value is -2.79. The van der Waals surface area contributed by atoms with Crippen molar-refractivity contribution >= 4 is 22.5 Å². The Kier molecular flexibility index (Phi) is 3.93. The minimum absolute atomic E-state index is 0.0761. The van der Waals surface area contributed by atoms with E-state index in [-0.39, 0.29) is 12.7 Å². The first-order valence-electron chi connectivity index (χ1n) is 8.41. The first-order valence-corrected chi connectivity index (χ1v) is 8.41. The van der Waals surface area contributed by atoms with Crippen molar-refractivity contribution in [2.24, 2.45) is 0 Å². The number of nitrogens with one attached hydrogen (secondary N) is 1. The summed E-state index contributed by atoms with van der Waals surface area (Å²) in [7, 11) is 0. The van der Waals surface area contributed by atoms with Crippen LogP contribution in [-0.2, 0) is 16.1 Å². The normalized spacial score (nSPS) is 16.3. The van der Waals surface area contributed by atoms with Crippen molar-refractivity contribution in [1.82, 2.24) is 4.57 Å². The molecule has 5 heteroatoms. The van der Waals surface area contributed by atoms with Gasteiger partial charge in [-0.15, -0.1) is 0 Å². The molecular formula is C20H20N2O3. The van der Waals surface area contributed by atoms with E-state index in [0.29, 0.717) is 5.75 Å². The number of hydrogen-bond acceptors (Lipinski definition) is 3. The number of nitrogens with zero attached hydrogens (tertiary/aromatic N) is 1. The highest BCUT2D eigenvalue weighted by Crippen LogP contribution is 2.32. The molecule has 5 nitrogen and oxygen atoms in total. The molecule has 2 heterocycles. The van der Waals surface area contributed by atoms with Crippen LogP contribution in [0, 0.1) is 6.92 Å². The summed E-state index contributed by atoms with van der Waals surface area (Å²) in [6, 6.07) is 15.6. The van der Waals surface area contributed by atoms with Crippen LogP contribution in [0.25, 0.3) is 10.9 Å². The Morgan fingerprint density at radius 3 is 2.92 bits per heavy atom. The second kappa shape index (κ2) is 6.26. The third-order valence-corrected chi connectivity index (χ3v) is 4.58. The van der Waals surface area contributed by atoms with Crippen LogP contribution in [-0.4, -0.2) is 17.3 Å². The predicted octanol–water partition coefficient (Wildman–Crippen LogP) is 4.02. The minimum atomic E-state index is -0.664. The Balaban J connectivity index is 1.60. The van der Waals surface area contributed by atoms with Gasteiger partial charge in [0.15, 0.2) is 12.9 Å². The first-order chi connectivity index (χ1) is 12.2. The lowest BCUT2D eigenvalue weighted by molar-refractivity contribution is -0.136. The molecule has 0 fully saturated rings. The second-order valence-electron chi connectivity index (χ2n) is 6.14. The highest BCUT2D eigenvalue weighted by atomic mass is 16.7. The Morgan fingerprint density at radius 1 is 1.24 bits per heavy atom. The molecule has 2 aromatic carbocycles. The molecule has 0 bridgehead atoms. The molecule has 1 aliphatic heterocycles. The molecule has 1 N–H and O–H groups in total. The number of hydrogen-bond donors (Lipinski definition) is 1. The fraction of sp³-hybridized carbons (Fsp3) is 0.250. The number of para-hydroxylation sites is 1. The van der Waals surface area contributed by atoms with Crippen LogP contribution in [0.2, 0.25) is 0 Å². The highest BCUT2D eigenvalue weighted by Gasteiger charge is 2.28. The lowest BCUT2D eigenvalue weighted by atomic mass is 10.1. The maximum absolute atomic E-state index is 12.7. The van der Waals surface area contributed by atoms with Crippen LogP contribution in [0.1, 0.15) is 24.3 Å². The van der Waals surface area contributed by atoms with Crippen molar-refractivity contribution in [1.29, 1.82) is 0 Å². The van der Waals surface area contributed by atoms with Crippen LogP contribution >= 0.6 is 0 Å². The number of aromatic nitrogens is 1. The van der Waals surface area contributed by atoms with Gasteiger partial charge in [-0.2, -0.15) is 0 Å². The average Bonchev–Trinajstić information content (AvgIpc) is 2.95. The van der Waals surface area contributed by atoms with Crippen molar-refractivity contribution in [3.8, 4) is 5.75 Å². The number of rotatable bonds is 3. The van der Waals surface area contributed by atoms with Gasteiger partial charge in [0.1, 0.15) is 5.75 Å². The van der Waals surface area contributed by atoms with Crippen LogP contribution in [0.4, 0.5) is 5.69 Å². The fourth-order valence-corrected chi connectivity index (χ4v) is 3.42. The van der Waals surface area contributed by atoms with Crippen LogP contribution < -0.4 is 10.1 Å². The quantitative estimate of drug-likeness (QED) is 0.786. The number of ether oxygens (including phenoxy) is 2. The monoisotopic (exact) mass is 336 g/mol. The van der Waals surface area contributed by atoms with Gasteiger partial charge in [-0.1, -0.05) is 18.2 Å². The lowest BCUT2D eigenvalue weighted by Crippen LogP contribution is -2.28. The summed E-state index contributed by atoms with van der Waals surface area (Å²) in [4.78, 5) is 12.7. The van der Waals surface area contributed by atoms with Gasteiger partial charge in [-0.25, -0.2) is 0 Å². The summed E-state index contributed by atoms with van der Waals surface area (Å²) in [5.41, 5.74) is 3.90. The van der Waals surface area contributed by atoms with Gasteiger partial charge in [0.05, 0.1) is 0 Å². The van der Waals surface area contributed by atoms with E-state index in [1.54, 1.807) is 0 Å². The van der Waals surface area contributed by atoms with Crippen LogP contribution in [0.3, 0.4) is 0 Å². The number of benzene rings is 2. The number of carbonyl (C=O) groups excluding carboxylic acids is 1. The summed E-state index contributed by atoms with van der Waals surface area (Å²) in [5, 5.41) is 4.08. The van der Waals surface area contributed by atoms with Crippen molar-refractivity contribution in [3.63, 3.8) is 0 Å². The van der Waals surface area contributed by atoms with Crippen molar-refractivity contribution in [2.45, 2.75) is 26.5 Å². The van der Waals surface area contributed by atoms with E-state index in [4.69, 9.17) is 9.47 Å². The number of amides is 1. The van der Waals surface area contributed by atoms with E-state index in [1.807, 2.05) is 42.5 Å². The fourth-order valence-electron chi connectivity index (χ4n) is 3.42. The van der Waals surface area contributed by atoms with Gasteiger partial charge < -0.3 is 19.4 Å². The molecule has 0 saturated heterocycles. The summed E-state index contributed by atoms with van der Waals surface area (Å²) < 4.78 is 13.2. The molecule has 0 radical (unpaired) electrons. The zero-order valence-electron chi connectivity index (χ0n) is 14.3. The number of carbonyl (C=O) groups is 1. The van der Waals surface area contributed by atoms with Gasteiger partial charge in [0.2, 0.25) is 0 Å². The molecular weight excluding hydrogens is 316 g/mol. The molecule has 1 aliphatic rings. The van der Waals surface area contributed by atoms with E-state index in [2.05, 4.69) is 29.8 Å².